The topological polar surface area (TPSA) is 108 Å². The molecule has 0 aliphatic heterocycles. The van der Waals surface area contributed by atoms with Gasteiger partial charge in [0.25, 0.3) is 0 Å². The van der Waals surface area contributed by atoms with Crippen LogP contribution in [-0.4, -0.2) is 28.7 Å². The molecule has 1 N–H and O–H groups in total. The highest BCUT2D eigenvalue weighted by Crippen LogP contribution is 2.25. The van der Waals surface area contributed by atoms with E-state index >= 15 is 0 Å². The summed E-state index contributed by atoms with van der Waals surface area (Å²) in [6, 6.07) is 3.65. The Labute approximate surface area is 195 Å². The molecule has 1 amide bonds. The molecule has 176 valence electrons. The first-order valence-electron chi connectivity index (χ1n) is 10.7. The zero-order chi connectivity index (χ0) is 24.3. The minimum Gasteiger partial charge on any atom is -0.463 e. The van der Waals surface area contributed by atoms with E-state index in [4.69, 9.17) is 13.9 Å². The van der Waals surface area contributed by atoms with Crippen LogP contribution in [0.1, 0.15) is 46.0 Å². The molecular weight excluding hydrogens is 444 g/mol. The molecule has 1 aromatic carbocycles. The highest BCUT2D eigenvalue weighted by atomic mass is 32.1. The van der Waals surface area contributed by atoms with Gasteiger partial charge in [0.15, 0.2) is 0 Å². The van der Waals surface area contributed by atoms with Crippen molar-refractivity contribution in [1.29, 1.82) is 0 Å². The number of nitrogens with zero attached hydrogens (tertiary/aromatic N) is 1. The molecule has 2 heterocycles. The molecule has 3 aromatic rings. The lowest BCUT2D eigenvalue weighted by atomic mass is 9.99. The highest BCUT2D eigenvalue weighted by Gasteiger charge is 2.30. The van der Waals surface area contributed by atoms with Crippen molar-refractivity contribution in [3.63, 3.8) is 0 Å². The first-order chi connectivity index (χ1) is 15.5. The zero-order valence-electron chi connectivity index (χ0n) is 19.6. The van der Waals surface area contributed by atoms with E-state index in [2.05, 4.69) is 10.3 Å². The summed E-state index contributed by atoms with van der Waals surface area (Å²) in [6.45, 7) is 10.8. The maximum absolute atomic E-state index is 12.9. The third-order valence-corrected chi connectivity index (χ3v) is 5.77. The monoisotopic (exact) mass is 472 g/mol. The number of ether oxygens (including phenoxy) is 2. The maximum atomic E-state index is 12.9. The van der Waals surface area contributed by atoms with Crippen molar-refractivity contribution in [3.05, 3.63) is 45.1 Å². The summed E-state index contributed by atoms with van der Waals surface area (Å²) >= 11 is 1.45. The number of hydrogen-bond donors (Lipinski definition) is 1. The SMILES string of the molecule is CC[C@H](C)[C@@H](NC(=O)OC(C)(C)C)C(=O)Oc1ccc2c(=O)c(-c3csc(C)n3)coc2c1. The van der Waals surface area contributed by atoms with Crippen LogP contribution in [0.3, 0.4) is 0 Å². The molecule has 9 heteroatoms. The summed E-state index contributed by atoms with van der Waals surface area (Å²) in [5, 5.41) is 5.60. The molecular formula is C24H28N2O6S. The predicted molar refractivity (Wildman–Crippen MR) is 127 cm³/mol. The molecule has 3 rings (SSSR count). The first kappa shape index (κ1) is 24.4. The normalized spacial score (nSPS) is 13.4. The van der Waals surface area contributed by atoms with Gasteiger partial charge in [0, 0.05) is 11.4 Å². The predicted octanol–water partition coefficient (Wildman–Crippen LogP) is 5.07. The second-order valence-corrected chi connectivity index (χ2v) is 9.88. The Kier molecular flexibility index (Phi) is 7.22. The lowest BCUT2D eigenvalue weighted by Crippen LogP contribution is -2.48. The van der Waals surface area contributed by atoms with Gasteiger partial charge >= 0.3 is 12.1 Å². The van der Waals surface area contributed by atoms with Crippen LogP contribution in [0.25, 0.3) is 22.2 Å². The number of carbonyl (C=O) groups excluding carboxylic acids is 2. The highest BCUT2D eigenvalue weighted by molar-refractivity contribution is 7.09. The van der Waals surface area contributed by atoms with Crippen molar-refractivity contribution in [2.24, 2.45) is 5.92 Å². The molecule has 0 aliphatic rings. The Morgan fingerprint density at radius 2 is 2.00 bits per heavy atom. The lowest BCUT2D eigenvalue weighted by Gasteiger charge is -2.25. The van der Waals surface area contributed by atoms with Crippen LogP contribution in [0.4, 0.5) is 4.79 Å². The van der Waals surface area contributed by atoms with Crippen molar-refractivity contribution < 1.29 is 23.5 Å². The van der Waals surface area contributed by atoms with E-state index in [9.17, 15) is 14.4 Å². The van der Waals surface area contributed by atoms with Crippen LogP contribution in [-0.2, 0) is 9.53 Å². The molecule has 0 fully saturated rings. The van der Waals surface area contributed by atoms with E-state index < -0.39 is 23.7 Å². The Morgan fingerprint density at radius 3 is 2.61 bits per heavy atom. The van der Waals surface area contributed by atoms with Gasteiger partial charge in [-0.05, 0) is 45.7 Å². The summed E-state index contributed by atoms with van der Waals surface area (Å²) in [5.41, 5.74) is 0.299. The number of hydrogen-bond acceptors (Lipinski definition) is 8. The second-order valence-electron chi connectivity index (χ2n) is 8.82. The average Bonchev–Trinajstić information content (AvgIpc) is 3.16. The summed E-state index contributed by atoms with van der Waals surface area (Å²) < 4.78 is 16.4. The fourth-order valence-corrected chi connectivity index (χ4v) is 3.73. The van der Waals surface area contributed by atoms with Crippen molar-refractivity contribution in [2.45, 2.75) is 59.6 Å². The number of alkyl carbamates (subject to hydrolysis) is 1. The summed E-state index contributed by atoms with van der Waals surface area (Å²) in [4.78, 5) is 42.3. The van der Waals surface area contributed by atoms with E-state index in [1.54, 1.807) is 32.2 Å². The van der Waals surface area contributed by atoms with Crippen molar-refractivity contribution in [1.82, 2.24) is 10.3 Å². The second kappa shape index (κ2) is 9.74. The van der Waals surface area contributed by atoms with Crippen LogP contribution in [0, 0.1) is 12.8 Å². The van der Waals surface area contributed by atoms with Crippen molar-refractivity contribution >= 4 is 34.4 Å². The number of nitrogens with one attached hydrogen (secondary N) is 1. The van der Waals surface area contributed by atoms with Gasteiger partial charge in [-0.2, -0.15) is 0 Å². The van der Waals surface area contributed by atoms with E-state index in [0.717, 1.165) is 5.01 Å². The number of thiazole rings is 1. The number of rotatable bonds is 6. The van der Waals surface area contributed by atoms with Crippen LogP contribution in [0.5, 0.6) is 5.75 Å². The van der Waals surface area contributed by atoms with Gasteiger partial charge in [0.05, 0.1) is 21.7 Å². The van der Waals surface area contributed by atoms with Gasteiger partial charge < -0.3 is 19.2 Å². The molecule has 0 bridgehead atoms. The summed E-state index contributed by atoms with van der Waals surface area (Å²) in [5.74, 6) is -0.619. The summed E-state index contributed by atoms with van der Waals surface area (Å²) in [6.07, 6.45) is 1.30. The van der Waals surface area contributed by atoms with Gasteiger partial charge in [0.2, 0.25) is 5.43 Å². The number of fused-ring (bicyclic) bond motifs is 1. The maximum Gasteiger partial charge on any atom is 0.408 e. The smallest absolute Gasteiger partial charge is 0.408 e. The summed E-state index contributed by atoms with van der Waals surface area (Å²) in [7, 11) is 0. The first-order valence-corrected chi connectivity index (χ1v) is 11.6. The minimum atomic E-state index is -0.900. The largest absolute Gasteiger partial charge is 0.463 e. The van der Waals surface area contributed by atoms with Crippen molar-refractivity contribution in [3.8, 4) is 17.0 Å². The standard InChI is InChI=1S/C24H28N2O6S/c1-7-13(2)20(26-23(29)32-24(4,5)6)22(28)31-15-8-9-16-19(10-15)30-11-17(21(16)27)18-12-33-14(3)25-18/h8-13,20H,7H2,1-6H3,(H,26,29)/t13-,20+/m0/s1. The van der Waals surface area contributed by atoms with Crippen LogP contribution < -0.4 is 15.5 Å². The Hall–Kier alpha value is -3.20. The van der Waals surface area contributed by atoms with Gasteiger partial charge in [-0.1, -0.05) is 20.3 Å². The van der Waals surface area contributed by atoms with Gasteiger partial charge in [-0.25, -0.2) is 14.6 Å². The van der Waals surface area contributed by atoms with Crippen LogP contribution >= 0.6 is 11.3 Å². The lowest BCUT2D eigenvalue weighted by molar-refractivity contribution is -0.138. The molecule has 0 saturated heterocycles. The molecule has 0 radical (unpaired) electrons. The minimum absolute atomic E-state index is 0.187. The third kappa shape index (κ3) is 5.98. The van der Waals surface area contributed by atoms with Gasteiger partial charge in [-0.15, -0.1) is 11.3 Å². The van der Waals surface area contributed by atoms with E-state index in [1.807, 2.05) is 20.8 Å². The molecule has 0 spiro atoms. The Morgan fingerprint density at radius 1 is 1.27 bits per heavy atom. The van der Waals surface area contributed by atoms with Gasteiger partial charge in [0.1, 0.15) is 29.2 Å². The number of esters is 1. The number of aromatic nitrogens is 1. The third-order valence-electron chi connectivity index (χ3n) is 5.00. The molecule has 0 aliphatic carbocycles. The quantitative estimate of drug-likeness (QED) is 0.394. The molecule has 8 nitrogen and oxygen atoms in total. The fourth-order valence-electron chi connectivity index (χ4n) is 3.12. The molecule has 2 aromatic heterocycles. The number of aryl methyl sites for hydroxylation is 1. The number of amides is 1. The zero-order valence-corrected chi connectivity index (χ0v) is 20.4. The van der Waals surface area contributed by atoms with E-state index in [1.165, 1.54) is 29.7 Å². The van der Waals surface area contributed by atoms with Crippen LogP contribution in [0.2, 0.25) is 0 Å². The average molecular weight is 473 g/mol. The Bertz CT molecular complexity index is 1220. The van der Waals surface area contributed by atoms with Gasteiger partial charge in [-0.3, -0.25) is 4.79 Å². The number of carbonyl (C=O) groups is 2. The molecule has 0 unspecified atom stereocenters. The fraction of sp³-hybridized carbons (Fsp3) is 0.417. The number of benzene rings is 1. The molecule has 2 atom stereocenters. The Balaban J connectivity index is 1.82. The molecule has 33 heavy (non-hydrogen) atoms. The van der Waals surface area contributed by atoms with E-state index in [-0.39, 0.29) is 22.7 Å². The van der Waals surface area contributed by atoms with Crippen LogP contribution in [0.15, 0.2) is 39.1 Å². The molecule has 0 saturated carbocycles. The van der Waals surface area contributed by atoms with Crippen molar-refractivity contribution in [2.75, 3.05) is 0 Å². The van der Waals surface area contributed by atoms with E-state index in [0.29, 0.717) is 23.1 Å².